The molecule has 198 valence electrons. The molecule has 4 N–H and O–H groups in total. The minimum Gasteiger partial charge on any atom is -0.486 e. The van der Waals surface area contributed by atoms with E-state index in [9.17, 15) is 18.4 Å². The molecule has 37 heavy (non-hydrogen) atoms. The molecule has 0 radical (unpaired) electrons. The van der Waals surface area contributed by atoms with Crippen LogP contribution in [0, 0.1) is 5.41 Å². The first kappa shape index (κ1) is 28.5. The zero-order chi connectivity index (χ0) is 27.5. The van der Waals surface area contributed by atoms with Crippen molar-refractivity contribution < 1.29 is 23.1 Å². The number of nitrogens with two attached hydrogens (primary N) is 1. The summed E-state index contributed by atoms with van der Waals surface area (Å²) in [6.45, 7) is 3.93. The number of carbonyl (C=O) groups is 2. The van der Waals surface area contributed by atoms with Gasteiger partial charge in [0.05, 0.1) is 5.41 Å². The van der Waals surface area contributed by atoms with Gasteiger partial charge in [-0.3, -0.25) is 9.59 Å². The van der Waals surface area contributed by atoms with Gasteiger partial charge in [-0.1, -0.05) is 0 Å². The second kappa shape index (κ2) is 11.1. The summed E-state index contributed by atoms with van der Waals surface area (Å²) < 4.78 is 28.1. The molecule has 0 atom stereocenters. The van der Waals surface area contributed by atoms with E-state index in [-0.39, 0.29) is 22.9 Å². The van der Waals surface area contributed by atoms with Crippen molar-refractivity contribution in [3.8, 4) is 5.75 Å². The standard InChI is InChI=1S/C26H30F2IN5O3/c1-25(2)22-19(20(31)9-10-30)13-16(14-21(22)34(24(25)36)12-11-33(3)4)23(35)32-17-5-7-18(8-6-17)37-15-26(27,28)29/h5-10,13-14,30H,11-12,15,31H2,1-4H3,(H,32,35)/b20-9-,30-10?. The second-order valence-corrected chi connectivity index (χ2v) is 11.1. The fraction of sp³-hybridized carbons (Fsp3) is 0.346. The van der Waals surface area contributed by atoms with Crippen LogP contribution in [-0.4, -0.2) is 60.6 Å². The molecule has 0 aliphatic carbocycles. The first-order valence-corrected chi connectivity index (χ1v) is 12.5. The van der Waals surface area contributed by atoms with Crippen molar-refractivity contribution in [2.24, 2.45) is 5.73 Å². The SMILES string of the molecule is CN(C)CCN1C(=O)C(C)(C)c2c(/C(N)=C/C=N)cc(C(=O)Nc3ccc(OCC(F)(F)I)cc3)cc21. The first-order valence-electron chi connectivity index (χ1n) is 11.5. The van der Waals surface area contributed by atoms with E-state index >= 15 is 0 Å². The van der Waals surface area contributed by atoms with E-state index in [1.54, 1.807) is 29.2 Å². The van der Waals surface area contributed by atoms with Crippen LogP contribution < -0.4 is 20.7 Å². The number of alkyl halides is 3. The number of halogens is 3. The number of benzene rings is 2. The Bertz CT molecular complexity index is 1220. The number of fused-ring (bicyclic) bond motifs is 1. The summed E-state index contributed by atoms with van der Waals surface area (Å²) in [4.78, 5) is 30.3. The molecule has 0 fully saturated rings. The van der Waals surface area contributed by atoms with Crippen LogP contribution in [0.3, 0.4) is 0 Å². The molecule has 0 unspecified atom stereocenters. The van der Waals surface area contributed by atoms with Crippen LogP contribution in [0.2, 0.25) is 0 Å². The molecule has 2 aromatic carbocycles. The van der Waals surface area contributed by atoms with Crippen molar-refractivity contribution in [1.82, 2.24) is 4.90 Å². The van der Waals surface area contributed by atoms with Crippen LogP contribution in [0.25, 0.3) is 5.70 Å². The lowest BCUT2D eigenvalue weighted by molar-refractivity contribution is -0.122. The van der Waals surface area contributed by atoms with Gasteiger partial charge in [0.2, 0.25) is 5.91 Å². The Balaban J connectivity index is 1.97. The van der Waals surface area contributed by atoms with E-state index in [4.69, 9.17) is 15.9 Å². The van der Waals surface area contributed by atoms with Gasteiger partial charge >= 0.3 is 3.93 Å². The monoisotopic (exact) mass is 625 g/mol. The number of hydrogen-bond donors (Lipinski definition) is 3. The average molecular weight is 625 g/mol. The fourth-order valence-electron chi connectivity index (χ4n) is 4.11. The lowest BCUT2D eigenvalue weighted by Crippen LogP contribution is -2.39. The van der Waals surface area contributed by atoms with E-state index in [1.807, 2.05) is 32.8 Å². The Morgan fingerprint density at radius 1 is 1.27 bits per heavy atom. The number of nitrogens with zero attached hydrogens (tertiary/aromatic N) is 2. The van der Waals surface area contributed by atoms with Gasteiger partial charge in [0.1, 0.15) is 5.75 Å². The van der Waals surface area contributed by atoms with Crippen molar-refractivity contribution in [3.63, 3.8) is 0 Å². The third-order valence-electron chi connectivity index (χ3n) is 5.93. The number of amides is 2. The van der Waals surface area contributed by atoms with E-state index in [0.717, 1.165) is 28.8 Å². The summed E-state index contributed by atoms with van der Waals surface area (Å²) in [6.07, 6.45) is 2.47. The van der Waals surface area contributed by atoms with Gasteiger partial charge in [0.15, 0.2) is 6.61 Å². The van der Waals surface area contributed by atoms with E-state index in [1.165, 1.54) is 18.2 Å². The maximum atomic E-state index is 13.4. The number of allylic oxidation sites excluding steroid dienone is 1. The lowest BCUT2D eigenvalue weighted by atomic mass is 9.81. The van der Waals surface area contributed by atoms with E-state index < -0.39 is 21.9 Å². The molecular weight excluding hydrogens is 595 g/mol. The predicted octanol–water partition coefficient (Wildman–Crippen LogP) is 4.48. The summed E-state index contributed by atoms with van der Waals surface area (Å²) in [7, 11) is 3.83. The molecular formula is C26H30F2IN5O3. The topological polar surface area (TPSA) is 112 Å². The molecule has 2 aromatic rings. The Hall–Kier alpha value is -3.06. The van der Waals surface area contributed by atoms with Gasteiger partial charge in [-0.05, 0) is 70.4 Å². The number of rotatable bonds is 10. The third-order valence-corrected chi connectivity index (χ3v) is 6.25. The van der Waals surface area contributed by atoms with Crippen LogP contribution >= 0.6 is 22.6 Å². The Kier molecular flexibility index (Phi) is 8.58. The largest absolute Gasteiger partial charge is 0.486 e. The summed E-state index contributed by atoms with van der Waals surface area (Å²) in [5.74, 6) is -0.293. The lowest BCUT2D eigenvalue weighted by Gasteiger charge is -2.22. The highest BCUT2D eigenvalue weighted by Crippen LogP contribution is 2.45. The number of ether oxygens (including phenoxy) is 1. The number of likely N-dealkylation sites (N-methyl/N-ethyl adjacent to an activating group) is 1. The molecule has 1 aliphatic heterocycles. The molecule has 0 saturated heterocycles. The van der Waals surface area contributed by atoms with Crippen molar-refractivity contribution in [1.29, 1.82) is 5.41 Å². The van der Waals surface area contributed by atoms with Crippen LogP contribution in [-0.2, 0) is 10.2 Å². The van der Waals surface area contributed by atoms with Crippen LogP contribution in [0.4, 0.5) is 20.2 Å². The molecule has 0 bridgehead atoms. The molecule has 1 aliphatic rings. The summed E-state index contributed by atoms with van der Waals surface area (Å²) in [5.41, 5.74) is 8.21. The van der Waals surface area contributed by atoms with Crippen LogP contribution in [0.15, 0.2) is 42.5 Å². The minimum absolute atomic E-state index is 0.0986. The molecule has 2 amide bonds. The molecule has 8 nitrogen and oxygen atoms in total. The smallest absolute Gasteiger partial charge is 0.329 e. The van der Waals surface area contributed by atoms with Gasteiger partial charge in [-0.25, -0.2) is 0 Å². The molecule has 1 heterocycles. The van der Waals surface area contributed by atoms with Gasteiger partial charge in [0.25, 0.3) is 5.91 Å². The van der Waals surface area contributed by atoms with Crippen molar-refractivity contribution in [2.75, 3.05) is 44.0 Å². The summed E-state index contributed by atoms with van der Waals surface area (Å²) in [6, 6.07) is 9.36. The second-order valence-electron chi connectivity index (χ2n) is 9.47. The normalized spacial score (nSPS) is 15.1. The van der Waals surface area contributed by atoms with Gasteiger partial charge in [-0.15, -0.1) is 0 Å². The third kappa shape index (κ3) is 6.63. The highest BCUT2D eigenvalue weighted by Gasteiger charge is 2.46. The zero-order valence-electron chi connectivity index (χ0n) is 21.1. The van der Waals surface area contributed by atoms with Crippen LogP contribution in [0.5, 0.6) is 5.75 Å². The number of hydrogen-bond acceptors (Lipinski definition) is 6. The van der Waals surface area contributed by atoms with Crippen molar-refractivity contribution >= 4 is 57.7 Å². The molecule has 0 saturated carbocycles. The Labute approximate surface area is 228 Å². The first-order chi connectivity index (χ1) is 17.2. The summed E-state index contributed by atoms with van der Waals surface area (Å²) in [5, 5.41) is 10.2. The molecule has 11 heteroatoms. The number of carbonyl (C=O) groups excluding carboxylic acids is 2. The Morgan fingerprint density at radius 3 is 2.49 bits per heavy atom. The van der Waals surface area contributed by atoms with Crippen molar-refractivity contribution in [3.05, 3.63) is 59.2 Å². The highest BCUT2D eigenvalue weighted by atomic mass is 127. The van der Waals surface area contributed by atoms with E-state index in [2.05, 4.69) is 5.32 Å². The van der Waals surface area contributed by atoms with Gasteiger partial charge in [-0.2, -0.15) is 8.78 Å². The van der Waals surface area contributed by atoms with E-state index in [0.29, 0.717) is 35.6 Å². The summed E-state index contributed by atoms with van der Waals surface area (Å²) >= 11 is 1.00. The Morgan fingerprint density at radius 2 is 1.92 bits per heavy atom. The average Bonchev–Trinajstić information content (AvgIpc) is 3.01. The maximum absolute atomic E-state index is 13.4. The van der Waals surface area contributed by atoms with Crippen LogP contribution in [0.1, 0.15) is 35.3 Å². The zero-order valence-corrected chi connectivity index (χ0v) is 23.2. The maximum Gasteiger partial charge on any atom is 0.329 e. The van der Waals surface area contributed by atoms with Gasteiger partial charge in [0, 0.05) is 75.7 Å². The minimum atomic E-state index is -2.99. The fourth-order valence-corrected chi connectivity index (χ4v) is 4.27. The quantitative estimate of drug-likeness (QED) is 0.205. The molecule has 3 rings (SSSR count). The number of nitrogens with one attached hydrogen (secondary N) is 2. The number of anilines is 2. The van der Waals surface area contributed by atoms with Crippen molar-refractivity contribution in [2.45, 2.75) is 23.2 Å². The molecule has 0 aromatic heterocycles. The highest BCUT2D eigenvalue weighted by molar-refractivity contribution is 14.1. The molecule has 0 spiro atoms. The predicted molar refractivity (Wildman–Crippen MR) is 150 cm³/mol. The van der Waals surface area contributed by atoms with Gasteiger partial charge < -0.3 is 31.0 Å².